The van der Waals surface area contributed by atoms with Crippen LogP contribution in [0.1, 0.15) is 34.1 Å². The van der Waals surface area contributed by atoms with E-state index in [1.807, 2.05) is 18.7 Å². The highest BCUT2D eigenvalue weighted by Gasteiger charge is 2.24. The van der Waals surface area contributed by atoms with E-state index in [1.165, 1.54) is 0 Å². The van der Waals surface area contributed by atoms with Gasteiger partial charge < -0.3 is 11.1 Å². The SMILES string of the molecule is CCNC(=O)NC(=O)C(C)N(CCC(N)=S)C(C)C. The Morgan fingerprint density at radius 3 is 2.32 bits per heavy atom. The summed E-state index contributed by atoms with van der Waals surface area (Å²) in [5, 5.41) is 4.83. The third-order valence-electron chi connectivity index (χ3n) is 2.73. The molecule has 0 bridgehead atoms. The Hall–Kier alpha value is -1.21. The lowest BCUT2D eigenvalue weighted by atomic mass is 10.2. The van der Waals surface area contributed by atoms with Crippen LogP contribution in [0.2, 0.25) is 0 Å². The molecule has 0 saturated carbocycles. The molecule has 110 valence electrons. The van der Waals surface area contributed by atoms with E-state index in [0.29, 0.717) is 24.5 Å². The number of hydrogen-bond donors (Lipinski definition) is 3. The molecule has 0 fully saturated rings. The molecule has 1 unspecified atom stereocenters. The molecule has 0 aromatic carbocycles. The van der Waals surface area contributed by atoms with Gasteiger partial charge in [0.05, 0.1) is 11.0 Å². The zero-order chi connectivity index (χ0) is 15.0. The fraction of sp³-hybridized carbons (Fsp3) is 0.750. The van der Waals surface area contributed by atoms with E-state index in [9.17, 15) is 9.59 Å². The van der Waals surface area contributed by atoms with Crippen LogP contribution >= 0.6 is 12.2 Å². The summed E-state index contributed by atoms with van der Waals surface area (Å²) >= 11 is 4.84. The van der Waals surface area contributed by atoms with Crippen LogP contribution in [0.3, 0.4) is 0 Å². The monoisotopic (exact) mass is 288 g/mol. The van der Waals surface area contributed by atoms with E-state index in [1.54, 1.807) is 13.8 Å². The molecule has 7 heteroatoms. The average Bonchev–Trinajstić information content (AvgIpc) is 2.28. The van der Waals surface area contributed by atoms with E-state index in [-0.39, 0.29) is 11.9 Å². The van der Waals surface area contributed by atoms with Crippen LogP contribution < -0.4 is 16.4 Å². The molecule has 0 aliphatic rings. The molecule has 0 aromatic rings. The fourth-order valence-corrected chi connectivity index (χ4v) is 1.80. The van der Waals surface area contributed by atoms with Gasteiger partial charge in [0, 0.05) is 25.6 Å². The Morgan fingerprint density at radius 2 is 1.89 bits per heavy atom. The van der Waals surface area contributed by atoms with Gasteiger partial charge in [-0.3, -0.25) is 15.0 Å². The summed E-state index contributed by atoms with van der Waals surface area (Å²) in [7, 11) is 0. The molecule has 0 spiro atoms. The van der Waals surface area contributed by atoms with Crippen molar-refractivity contribution in [3.8, 4) is 0 Å². The number of nitrogens with two attached hydrogens (primary N) is 1. The molecule has 0 heterocycles. The second-order valence-corrected chi connectivity index (χ2v) is 5.10. The maximum atomic E-state index is 11.9. The molecule has 0 saturated heterocycles. The molecular weight excluding hydrogens is 264 g/mol. The van der Waals surface area contributed by atoms with Gasteiger partial charge in [-0.15, -0.1) is 0 Å². The lowest BCUT2D eigenvalue weighted by Crippen LogP contribution is -2.52. The Labute approximate surface area is 120 Å². The molecule has 0 aromatic heterocycles. The van der Waals surface area contributed by atoms with Gasteiger partial charge >= 0.3 is 6.03 Å². The zero-order valence-corrected chi connectivity index (χ0v) is 12.8. The van der Waals surface area contributed by atoms with E-state index in [0.717, 1.165) is 0 Å². The molecule has 1 atom stereocenters. The topological polar surface area (TPSA) is 87.5 Å². The van der Waals surface area contributed by atoms with Gasteiger partial charge in [0.25, 0.3) is 0 Å². The molecule has 4 N–H and O–H groups in total. The van der Waals surface area contributed by atoms with E-state index in [4.69, 9.17) is 18.0 Å². The van der Waals surface area contributed by atoms with Crippen LogP contribution in [-0.2, 0) is 4.79 Å². The van der Waals surface area contributed by atoms with Crippen LogP contribution in [0, 0.1) is 0 Å². The van der Waals surface area contributed by atoms with Crippen molar-refractivity contribution in [3.63, 3.8) is 0 Å². The first-order valence-electron chi connectivity index (χ1n) is 6.42. The second-order valence-electron chi connectivity index (χ2n) is 4.57. The van der Waals surface area contributed by atoms with Gasteiger partial charge in [-0.2, -0.15) is 0 Å². The van der Waals surface area contributed by atoms with Crippen molar-refractivity contribution >= 4 is 29.1 Å². The van der Waals surface area contributed by atoms with Crippen molar-refractivity contribution < 1.29 is 9.59 Å². The number of carbonyl (C=O) groups excluding carboxylic acids is 2. The number of carbonyl (C=O) groups is 2. The summed E-state index contributed by atoms with van der Waals surface area (Å²) < 4.78 is 0. The zero-order valence-electron chi connectivity index (χ0n) is 12.0. The van der Waals surface area contributed by atoms with Gasteiger partial charge in [-0.05, 0) is 27.7 Å². The van der Waals surface area contributed by atoms with Crippen LogP contribution in [-0.4, -0.2) is 47.0 Å². The van der Waals surface area contributed by atoms with Crippen LogP contribution in [0.25, 0.3) is 0 Å². The van der Waals surface area contributed by atoms with Crippen molar-refractivity contribution in [1.29, 1.82) is 0 Å². The highest BCUT2D eigenvalue weighted by molar-refractivity contribution is 7.80. The second kappa shape index (κ2) is 8.82. The first-order chi connectivity index (χ1) is 8.79. The Balaban J connectivity index is 4.52. The lowest BCUT2D eigenvalue weighted by molar-refractivity contribution is -0.125. The molecule has 6 nitrogen and oxygen atoms in total. The Kier molecular flexibility index (Phi) is 8.26. The van der Waals surface area contributed by atoms with Crippen molar-refractivity contribution in [1.82, 2.24) is 15.5 Å². The first-order valence-corrected chi connectivity index (χ1v) is 6.83. The summed E-state index contributed by atoms with van der Waals surface area (Å²) in [6, 6.07) is -0.737. The van der Waals surface area contributed by atoms with Crippen molar-refractivity contribution in [2.75, 3.05) is 13.1 Å². The van der Waals surface area contributed by atoms with Crippen LogP contribution in [0.5, 0.6) is 0 Å². The van der Waals surface area contributed by atoms with Crippen molar-refractivity contribution in [2.45, 2.75) is 46.2 Å². The molecule has 0 aliphatic heterocycles. The summed E-state index contributed by atoms with van der Waals surface area (Å²) in [6.45, 7) is 8.58. The van der Waals surface area contributed by atoms with Gasteiger partial charge in [0.15, 0.2) is 0 Å². The summed E-state index contributed by atoms with van der Waals surface area (Å²) in [5.41, 5.74) is 5.48. The summed E-state index contributed by atoms with van der Waals surface area (Å²) in [6.07, 6.45) is 0.548. The van der Waals surface area contributed by atoms with Gasteiger partial charge in [0.1, 0.15) is 0 Å². The molecule has 0 radical (unpaired) electrons. The van der Waals surface area contributed by atoms with Crippen molar-refractivity contribution in [3.05, 3.63) is 0 Å². The predicted octanol–water partition coefficient (Wildman–Crippen LogP) is 0.607. The van der Waals surface area contributed by atoms with Crippen LogP contribution in [0.15, 0.2) is 0 Å². The number of imide groups is 1. The van der Waals surface area contributed by atoms with E-state index >= 15 is 0 Å². The molecule has 19 heavy (non-hydrogen) atoms. The predicted molar refractivity (Wildman–Crippen MR) is 79.9 cm³/mol. The first kappa shape index (κ1) is 17.8. The third kappa shape index (κ3) is 7.07. The number of thiocarbonyl (C=S) groups is 1. The number of rotatable bonds is 7. The quantitative estimate of drug-likeness (QED) is 0.597. The smallest absolute Gasteiger partial charge is 0.321 e. The minimum absolute atomic E-state index is 0.157. The number of hydrogen-bond acceptors (Lipinski definition) is 4. The minimum Gasteiger partial charge on any atom is -0.393 e. The number of nitrogens with zero attached hydrogens (tertiary/aromatic N) is 1. The maximum Gasteiger partial charge on any atom is 0.321 e. The number of nitrogens with one attached hydrogen (secondary N) is 2. The maximum absolute atomic E-state index is 11.9. The minimum atomic E-state index is -0.475. The average molecular weight is 288 g/mol. The highest BCUT2D eigenvalue weighted by atomic mass is 32.1. The Bertz CT molecular complexity index is 334. The normalized spacial score (nSPS) is 12.3. The standard InChI is InChI=1S/C12H24N4O2S/c1-5-14-12(18)15-11(17)9(4)16(8(2)3)7-6-10(13)19/h8-9H,5-7H2,1-4H3,(H2,13,19)(H2,14,15,17,18). The fourth-order valence-electron chi connectivity index (χ4n) is 1.71. The summed E-state index contributed by atoms with van der Waals surface area (Å²) in [4.78, 5) is 25.6. The molecular formula is C12H24N4O2S. The van der Waals surface area contributed by atoms with Crippen molar-refractivity contribution in [2.24, 2.45) is 5.73 Å². The van der Waals surface area contributed by atoms with Crippen LogP contribution in [0.4, 0.5) is 4.79 Å². The summed E-state index contributed by atoms with van der Waals surface area (Å²) in [5.74, 6) is -0.331. The number of urea groups is 1. The largest absolute Gasteiger partial charge is 0.393 e. The highest BCUT2D eigenvalue weighted by Crippen LogP contribution is 2.07. The van der Waals surface area contributed by atoms with Gasteiger partial charge in [-0.1, -0.05) is 12.2 Å². The van der Waals surface area contributed by atoms with E-state index in [2.05, 4.69) is 10.6 Å². The number of amides is 3. The van der Waals surface area contributed by atoms with Gasteiger partial charge in [-0.25, -0.2) is 4.79 Å². The third-order valence-corrected chi connectivity index (χ3v) is 2.93. The molecule has 0 aliphatic carbocycles. The molecule has 0 rings (SSSR count). The molecule has 3 amide bonds. The van der Waals surface area contributed by atoms with Gasteiger partial charge in [0.2, 0.25) is 5.91 Å². The van der Waals surface area contributed by atoms with E-state index < -0.39 is 12.1 Å². The lowest BCUT2D eigenvalue weighted by Gasteiger charge is -2.31. The Morgan fingerprint density at radius 1 is 1.32 bits per heavy atom.